The molecule has 34 heavy (non-hydrogen) atoms. The maximum Gasteiger partial charge on any atom is 0.338 e. The largest absolute Gasteiger partial charge is 0.454 e. The first-order valence-electron chi connectivity index (χ1n) is 11.1. The Labute approximate surface area is 197 Å². The van der Waals surface area contributed by atoms with Gasteiger partial charge in [-0.1, -0.05) is 32.0 Å². The van der Waals surface area contributed by atoms with Crippen LogP contribution in [-0.2, 0) is 19.7 Å². The topological polar surface area (TPSA) is 102 Å². The number of ketones is 1. The summed E-state index contributed by atoms with van der Waals surface area (Å²) in [5.74, 6) is -1.15. The lowest BCUT2D eigenvalue weighted by atomic mass is 9.83. The average Bonchev–Trinajstić information content (AvgIpc) is 3.03. The summed E-state index contributed by atoms with van der Waals surface area (Å²) in [7, 11) is 1.90. The number of hydrogen-bond donors (Lipinski definition) is 0. The van der Waals surface area contributed by atoms with Gasteiger partial charge in [0, 0.05) is 49.1 Å². The highest BCUT2D eigenvalue weighted by Gasteiger charge is 2.38. The lowest BCUT2D eigenvalue weighted by Gasteiger charge is -2.28. The summed E-state index contributed by atoms with van der Waals surface area (Å²) in [6.07, 6.45) is 1.50. The maximum atomic E-state index is 12.6. The van der Waals surface area contributed by atoms with Crippen LogP contribution in [0.4, 0.5) is 17.1 Å². The molecule has 2 aromatic carbocycles. The van der Waals surface area contributed by atoms with Gasteiger partial charge in [-0.15, -0.1) is 0 Å². The Kier molecular flexibility index (Phi) is 6.39. The van der Waals surface area contributed by atoms with Gasteiger partial charge < -0.3 is 19.3 Å². The number of morpholine rings is 1. The van der Waals surface area contributed by atoms with E-state index < -0.39 is 17.5 Å². The minimum Gasteiger partial charge on any atom is -0.454 e. The third kappa shape index (κ3) is 4.38. The summed E-state index contributed by atoms with van der Waals surface area (Å²) in [5, 5.41) is 11.6. The Hall–Kier alpha value is -3.72. The molecule has 0 aliphatic carbocycles. The predicted molar refractivity (Wildman–Crippen MR) is 127 cm³/mol. The van der Waals surface area contributed by atoms with Crippen molar-refractivity contribution >= 4 is 28.8 Å². The van der Waals surface area contributed by atoms with E-state index in [2.05, 4.69) is 0 Å². The molecule has 4 rings (SSSR count). The predicted octanol–water partition coefficient (Wildman–Crippen LogP) is 3.47. The van der Waals surface area contributed by atoms with Crippen molar-refractivity contribution in [3.05, 3.63) is 75.5 Å². The smallest absolute Gasteiger partial charge is 0.338 e. The molecule has 0 aromatic heterocycles. The minimum absolute atomic E-state index is 0.0230. The molecule has 2 aromatic rings. The number of rotatable bonds is 6. The van der Waals surface area contributed by atoms with Gasteiger partial charge in [-0.25, -0.2) is 4.79 Å². The summed E-state index contributed by atoms with van der Waals surface area (Å²) < 4.78 is 10.5. The van der Waals surface area contributed by atoms with Crippen LogP contribution in [0, 0.1) is 10.1 Å². The van der Waals surface area contributed by atoms with E-state index in [9.17, 15) is 19.7 Å². The first-order chi connectivity index (χ1) is 16.2. The zero-order valence-electron chi connectivity index (χ0n) is 19.4. The van der Waals surface area contributed by atoms with Crippen LogP contribution in [0.5, 0.6) is 0 Å². The molecular weight excluding hydrogens is 438 g/mol. The van der Waals surface area contributed by atoms with E-state index in [1.807, 2.05) is 55.0 Å². The quantitative estimate of drug-likeness (QED) is 0.277. The lowest BCUT2D eigenvalue weighted by molar-refractivity contribution is -0.384. The summed E-state index contributed by atoms with van der Waals surface area (Å²) >= 11 is 0. The normalized spacial score (nSPS) is 18.0. The molecule has 1 fully saturated rings. The second-order valence-electron chi connectivity index (χ2n) is 8.83. The molecule has 0 N–H and O–H groups in total. The number of para-hydroxylation sites is 1. The molecule has 0 spiro atoms. The number of nitrogens with zero attached hydrogens (tertiary/aromatic N) is 3. The van der Waals surface area contributed by atoms with Crippen LogP contribution in [-0.4, -0.2) is 56.6 Å². The number of esters is 1. The summed E-state index contributed by atoms with van der Waals surface area (Å²) in [5.41, 5.74) is 2.84. The van der Waals surface area contributed by atoms with Crippen molar-refractivity contribution in [2.24, 2.45) is 0 Å². The maximum absolute atomic E-state index is 12.6. The number of nitro benzene ring substituents is 1. The third-order valence-electron chi connectivity index (χ3n) is 6.34. The van der Waals surface area contributed by atoms with Crippen molar-refractivity contribution in [1.82, 2.24) is 0 Å². The van der Waals surface area contributed by atoms with Crippen LogP contribution in [0.3, 0.4) is 0 Å². The molecule has 0 saturated carbocycles. The summed E-state index contributed by atoms with van der Waals surface area (Å²) in [4.78, 5) is 40.1. The van der Waals surface area contributed by atoms with Gasteiger partial charge in [-0.3, -0.25) is 14.9 Å². The van der Waals surface area contributed by atoms with E-state index in [-0.39, 0.29) is 22.4 Å². The van der Waals surface area contributed by atoms with Gasteiger partial charge in [0.1, 0.15) is 5.69 Å². The highest BCUT2D eigenvalue weighted by atomic mass is 16.6. The van der Waals surface area contributed by atoms with Gasteiger partial charge in [-0.05, 0) is 23.8 Å². The monoisotopic (exact) mass is 465 g/mol. The second kappa shape index (κ2) is 9.26. The fourth-order valence-corrected chi connectivity index (χ4v) is 4.54. The highest BCUT2D eigenvalue weighted by molar-refractivity contribution is 5.97. The number of fused-ring (bicyclic) bond motifs is 1. The van der Waals surface area contributed by atoms with E-state index in [4.69, 9.17) is 9.47 Å². The van der Waals surface area contributed by atoms with E-state index in [0.29, 0.717) is 32.0 Å². The summed E-state index contributed by atoms with van der Waals surface area (Å²) in [6.45, 7) is 5.64. The molecule has 0 unspecified atom stereocenters. The zero-order chi connectivity index (χ0) is 24.5. The number of likely N-dealkylation sites (N-methyl/N-ethyl adjacent to an activating group) is 1. The Bertz CT molecular complexity index is 1170. The fourth-order valence-electron chi connectivity index (χ4n) is 4.54. The van der Waals surface area contributed by atoms with Crippen molar-refractivity contribution < 1.29 is 24.0 Å². The molecular formula is C25H27N3O6. The van der Waals surface area contributed by atoms with Crippen molar-refractivity contribution in [2.75, 3.05) is 49.8 Å². The number of benzene rings is 2. The van der Waals surface area contributed by atoms with Crippen molar-refractivity contribution in [1.29, 1.82) is 0 Å². The molecule has 2 aliphatic rings. The molecule has 2 aliphatic heterocycles. The first-order valence-corrected chi connectivity index (χ1v) is 11.1. The zero-order valence-corrected chi connectivity index (χ0v) is 19.4. The van der Waals surface area contributed by atoms with Crippen molar-refractivity contribution in [2.45, 2.75) is 19.3 Å². The highest BCUT2D eigenvalue weighted by Crippen LogP contribution is 2.46. The summed E-state index contributed by atoms with van der Waals surface area (Å²) in [6, 6.07) is 12.2. The Balaban J connectivity index is 1.46. The van der Waals surface area contributed by atoms with Crippen LogP contribution in [0.1, 0.15) is 29.8 Å². The van der Waals surface area contributed by atoms with Gasteiger partial charge >= 0.3 is 5.97 Å². The van der Waals surface area contributed by atoms with Gasteiger partial charge in [0.25, 0.3) is 5.69 Å². The molecule has 1 saturated heterocycles. The number of allylic oxidation sites excluding steroid dienone is 1. The van der Waals surface area contributed by atoms with Crippen LogP contribution >= 0.6 is 0 Å². The Morgan fingerprint density at radius 3 is 2.53 bits per heavy atom. The molecule has 0 bridgehead atoms. The minimum atomic E-state index is -0.786. The van der Waals surface area contributed by atoms with Crippen LogP contribution in [0.2, 0.25) is 0 Å². The SMILES string of the molecule is CN1C(=CC(=O)COC(=O)c2ccc(N3CCOCC3)c([N+](=O)[O-])c2)C(C)(C)c2ccccc21. The van der Waals surface area contributed by atoms with Gasteiger partial charge in [0.15, 0.2) is 12.4 Å². The molecule has 9 nitrogen and oxygen atoms in total. The number of anilines is 2. The van der Waals surface area contributed by atoms with Gasteiger partial charge in [0.05, 0.1) is 23.7 Å². The molecule has 0 atom stereocenters. The Morgan fingerprint density at radius 2 is 1.85 bits per heavy atom. The third-order valence-corrected chi connectivity index (χ3v) is 6.34. The first kappa shape index (κ1) is 23.4. The second-order valence-corrected chi connectivity index (χ2v) is 8.83. The van der Waals surface area contributed by atoms with Gasteiger partial charge in [-0.2, -0.15) is 0 Å². The number of carbonyl (C=O) groups excluding carboxylic acids is 2. The van der Waals surface area contributed by atoms with Crippen LogP contribution in [0.25, 0.3) is 0 Å². The van der Waals surface area contributed by atoms with E-state index in [1.165, 1.54) is 24.3 Å². The molecule has 0 radical (unpaired) electrons. The van der Waals surface area contributed by atoms with E-state index >= 15 is 0 Å². The molecule has 0 amide bonds. The fraction of sp³-hybridized carbons (Fsp3) is 0.360. The number of carbonyl (C=O) groups is 2. The van der Waals surface area contributed by atoms with Crippen molar-refractivity contribution in [3.63, 3.8) is 0 Å². The van der Waals surface area contributed by atoms with Crippen molar-refractivity contribution in [3.8, 4) is 0 Å². The van der Waals surface area contributed by atoms with Gasteiger partial charge in [0.2, 0.25) is 0 Å². The molecule has 9 heteroatoms. The lowest BCUT2D eigenvalue weighted by Crippen LogP contribution is -2.36. The number of ether oxygens (including phenoxy) is 2. The Morgan fingerprint density at radius 1 is 1.15 bits per heavy atom. The number of nitro groups is 1. The van der Waals surface area contributed by atoms with Crippen LogP contribution < -0.4 is 9.80 Å². The average molecular weight is 466 g/mol. The standard InChI is InChI=1S/C25H27N3O6/c1-25(2)19-6-4-5-7-20(19)26(3)23(25)15-18(29)16-34-24(30)17-8-9-21(22(14-17)28(31)32)27-10-12-33-13-11-27/h4-9,14-15H,10-13,16H2,1-3H3. The molecule has 2 heterocycles. The number of hydrogen-bond acceptors (Lipinski definition) is 8. The molecule has 178 valence electrons. The van der Waals surface area contributed by atoms with Crippen LogP contribution in [0.15, 0.2) is 54.2 Å². The van der Waals surface area contributed by atoms with E-state index in [1.54, 1.807) is 0 Å². The van der Waals surface area contributed by atoms with E-state index in [0.717, 1.165) is 16.9 Å².